The summed E-state index contributed by atoms with van der Waals surface area (Å²) in [6.45, 7) is 1.79. The Labute approximate surface area is 173 Å². The van der Waals surface area contributed by atoms with Crippen molar-refractivity contribution in [2.45, 2.75) is 6.92 Å². The third-order valence-corrected chi connectivity index (χ3v) is 4.57. The smallest absolute Gasteiger partial charge is 0.208 e. The molecule has 0 N–H and O–H groups in total. The van der Waals surface area contributed by atoms with E-state index < -0.39 is 0 Å². The second kappa shape index (κ2) is 8.79. The number of carbonyl (C=O) groups is 1. The molecule has 8 heteroatoms. The maximum absolute atomic E-state index is 12.7. The number of carbonyl (C=O) groups excluding carboxylic acids is 1. The number of rotatable bonds is 7. The number of halogens is 1. The molecule has 0 atom stereocenters. The minimum atomic E-state index is -0.267. The van der Waals surface area contributed by atoms with E-state index >= 15 is 0 Å². The highest BCUT2D eigenvalue weighted by Gasteiger charge is 2.16. The SMILES string of the molecule is COc1cc(/C=C/C(=O)c2nnn(-c3ccc(Cl)cc3)c2C)cc(OC)c1OC. The molecule has 3 rings (SSSR count). The second-order valence-corrected chi connectivity index (χ2v) is 6.50. The fourth-order valence-electron chi connectivity index (χ4n) is 2.83. The topological polar surface area (TPSA) is 75.5 Å². The van der Waals surface area contributed by atoms with Gasteiger partial charge >= 0.3 is 0 Å². The van der Waals surface area contributed by atoms with Crippen LogP contribution >= 0.6 is 11.6 Å². The van der Waals surface area contributed by atoms with Crippen LogP contribution in [0.25, 0.3) is 11.8 Å². The fraction of sp³-hybridized carbons (Fsp3) is 0.190. The Morgan fingerprint density at radius 2 is 1.66 bits per heavy atom. The highest BCUT2D eigenvalue weighted by atomic mass is 35.5. The van der Waals surface area contributed by atoms with Crippen molar-refractivity contribution in [3.05, 3.63) is 64.4 Å². The lowest BCUT2D eigenvalue weighted by Gasteiger charge is -2.12. The molecule has 0 amide bonds. The molecule has 0 radical (unpaired) electrons. The Hall–Kier alpha value is -3.32. The van der Waals surface area contributed by atoms with Gasteiger partial charge in [-0.25, -0.2) is 4.68 Å². The van der Waals surface area contributed by atoms with Crippen LogP contribution in [0, 0.1) is 6.92 Å². The van der Waals surface area contributed by atoms with Crippen LogP contribution < -0.4 is 14.2 Å². The summed E-state index contributed by atoms with van der Waals surface area (Å²) in [5.74, 6) is 1.23. The van der Waals surface area contributed by atoms with E-state index in [2.05, 4.69) is 10.3 Å². The first-order valence-electron chi connectivity index (χ1n) is 8.69. The average molecular weight is 414 g/mol. The molecule has 0 fully saturated rings. The number of nitrogens with zero attached hydrogens (tertiary/aromatic N) is 3. The molecule has 3 aromatic rings. The first-order chi connectivity index (χ1) is 14.0. The average Bonchev–Trinajstić information content (AvgIpc) is 3.13. The van der Waals surface area contributed by atoms with E-state index in [4.69, 9.17) is 25.8 Å². The zero-order valence-corrected chi connectivity index (χ0v) is 17.2. The normalized spacial score (nSPS) is 10.9. The van der Waals surface area contributed by atoms with Gasteiger partial charge in [0.05, 0.1) is 32.7 Å². The highest BCUT2D eigenvalue weighted by Crippen LogP contribution is 2.38. The number of methoxy groups -OCH3 is 3. The van der Waals surface area contributed by atoms with Crippen molar-refractivity contribution in [3.63, 3.8) is 0 Å². The largest absolute Gasteiger partial charge is 0.493 e. The van der Waals surface area contributed by atoms with Crippen LogP contribution in [0.5, 0.6) is 17.2 Å². The molecular weight excluding hydrogens is 394 g/mol. The van der Waals surface area contributed by atoms with E-state index in [0.29, 0.717) is 28.0 Å². The standard InChI is InChI=1S/C21H20ClN3O4/c1-13-20(23-24-25(13)16-8-6-15(22)7-9-16)17(26)10-5-14-11-18(27-2)21(29-4)19(12-14)28-3/h5-12H,1-4H3/b10-5+. The Balaban J connectivity index is 1.87. The van der Waals surface area contributed by atoms with Crippen molar-refractivity contribution < 1.29 is 19.0 Å². The predicted molar refractivity (Wildman–Crippen MR) is 111 cm³/mol. The van der Waals surface area contributed by atoms with Gasteiger partial charge in [0.25, 0.3) is 0 Å². The first-order valence-corrected chi connectivity index (χ1v) is 9.07. The Kier molecular flexibility index (Phi) is 6.19. The molecule has 0 saturated heterocycles. The summed E-state index contributed by atoms with van der Waals surface area (Å²) in [6, 6.07) is 10.6. The Morgan fingerprint density at radius 3 is 2.21 bits per heavy atom. The molecule has 0 unspecified atom stereocenters. The van der Waals surface area contributed by atoms with Gasteiger partial charge in [0.1, 0.15) is 0 Å². The van der Waals surface area contributed by atoms with Crippen LogP contribution in [-0.4, -0.2) is 42.1 Å². The molecule has 0 bridgehead atoms. The van der Waals surface area contributed by atoms with Gasteiger partial charge in [-0.2, -0.15) is 0 Å². The summed E-state index contributed by atoms with van der Waals surface area (Å²) in [5.41, 5.74) is 2.39. The third-order valence-electron chi connectivity index (χ3n) is 4.31. The minimum Gasteiger partial charge on any atom is -0.493 e. The molecule has 1 aromatic heterocycles. The molecule has 150 valence electrons. The van der Waals surface area contributed by atoms with E-state index in [1.165, 1.54) is 27.4 Å². The zero-order valence-electron chi connectivity index (χ0n) is 16.5. The lowest BCUT2D eigenvalue weighted by molar-refractivity contribution is 0.104. The lowest BCUT2D eigenvalue weighted by atomic mass is 10.1. The number of ether oxygens (including phenoxy) is 3. The van der Waals surface area contributed by atoms with Crippen LogP contribution in [0.1, 0.15) is 21.7 Å². The lowest BCUT2D eigenvalue weighted by Crippen LogP contribution is -2.01. The molecule has 7 nitrogen and oxygen atoms in total. The van der Waals surface area contributed by atoms with E-state index in [9.17, 15) is 4.79 Å². The van der Waals surface area contributed by atoms with Crippen LogP contribution in [0.3, 0.4) is 0 Å². The number of benzene rings is 2. The molecule has 2 aromatic carbocycles. The monoisotopic (exact) mass is 413 g/mol. The number of hydrogen-bond acceptors (Lipinski definition) is 6. The van der Waals surface area contributed by atoms with Crippen LogP contribution in [-0.2, 0) is 0 Å². The molecule has 29 heavy (non-hydrogen) atoms. The quantitative estimate of drug-likeness (QED) is 0.428. The van der Waals surface area contributed by atoms with Gasteiger partial charge in [0.2, 0.25) is 11.5 Å². The van der Waals surface area contributed by atoms with Crippen LogP contribution in [0.4, 0.5) is 0 Å². The number of hydrogen-bond donors (Lipinski definition) is 0. The Morgan fingerprint density at radius 1 is 1.03 bits per heavy atom. The van der Waals surface area contributed by atoms with Crippen molar-refractivity contribution >= 4 is 23.5 Å². The Bertz CT molecular complexity index is 1030. The molecule has 0 aliphatic rings. The summed E-state index contributed by atoms with van der Waals surface area (Å²) in [4.78, 5) is 12.7. The molecular formula is C21H20ClN3O4. The van der Waals surface area contributed by atoms with Gasteiger partial charge in [0, 0.05) is 5.02 Å². The van der Waals surface area contributed by atoms with Crippen LogP contribution in [0.15, 0.2) is 42.5 Å². The molecule has 0 saturated carbocycles. The minimum absolute atomic E-state index is 0.267. The molecule has 0 aliphatic heterocycles. The van der Waals surface area contributed by atoms with E-state index in [-0.39, 0.29) is 11.5 Å². The molecule has 0 spiro atoms. The molecule has 1 heterocycles. The van der Waals surface area contributed by atoms with Crippen molar-refractivity contribution in [3.8, 4) is 22.9 Å². The van der Waals surface area contributed by atoms with Gasteiger partial charge in [-0.15, -0.1) is 5.10 Å². The van der Waals surface area contributed by atoms with E-state index in [0.717, 1.165) is 11.3 Å². The highest BCUT2D eigenvalue weighted by molar-refractivity contribution is 6.30. The third kappa shape index (κ3) is 4.25. The number of ketones is 1. The maximum Gasteiger partial charge on any atom is 0.208 e. The van der Waals surface area contributed by atoms with Gasteiger partial charge in [-0.05, 0) is 55.0 Å². The van der Waals surface area contributed by atoms with Crippen molar-refractivity contribution in [2.24, 2.45) is 0 Å². The summed E-state index contributed by atoms with van der Waals surface area (Å²) in [7, 11) is 4.61. The summed E-state index contributed by atoms with van der Waals surface area (Å²) >= 11 is 5.92. The van der Waals surface area contributed by atoms with E-state index in [1.54, 1.807) is 41.9 Å². The summed E-state index contributed by atoms with van der Waals surface area (Å²) < 4.78 is 17.6. The van der Waals surface area contributed by atoms with Gasteiger partial charge in [0.15, 0.2) is 17.2 Å². The summed E-state index contributed by atoms with van der Waals surface area (Å²) in [6.07, 6.45) is 3.09. The fourth-order valence-corrected chi connectivity index (χ4v) is 2.96. The molecule has 0 aliphatic carbocycles. The number of aromatic nitrogens is 3. The second-order valence-electron chi connectivity index (χ2n) is 6.07. The zero-order chi connectivity index (χ0) is 21.0. The van der Waals surface area contributed by atoms with Crippen molar-refractivity contribution in [1.82, 2.24) is 15.0 Å². The van der Waals surface area contributed by atoms with Crippen LogP contribution in [0.2, 0.25) is 5.02 Å². The first kappa shape index (κ1) is 20.4. The van der Waals surface area contributed by atoms with Crippen molar-refractivity contribution in [2.75, 3.05) is 21.3 Å². The van der Waals surface area contributed by atoms with E-state index in [1.807, 2.05) is 12.1 Å². The maximum atomic E-state index is 12.7. The van der Waals surface area contributed by atoms with Gasteiger partial charge < -0.3 is 14.2 Å². The van der Waals surface area contributed by atoms with Gasteiger partial charge in [-0.1, -0.05) is 22.9 Å². The summed E-state index contributed by atoms with van der Waals surface area (Å²) in [5, 5.41) is 8.73. The van der Waals surface area contributed by atoms with Gasteiger partial charge in [-0.3, -0.25) is 4.79 Å². The van der Waals surface area contributed by atoms with Crippen molar-refractivity contribution in [1.29, 1.82) is 0 Å². The predicted octanol–water partition coefficient (Wildman–Crippen LogP) is 4.15. The number of allylic oxidation sites excluding steroid dienone is 1.